The average Bonchev–Trinajstić information content (AvgIpc) is 3.05. The highest BCUT2D eigenvalue weighted by Crippen LogP contribution is 2.32. The molecule has 0 aliphatic carbocycles. The largest absolute Gasteiger partial charge is 0.480 e. The van der Waals surface area contributed by atoms with Gasteiger partial charge >= 0.3 is 5.97 Å². The number of thiazole rings is 1. The van der Waals surface area contributed by atoms with Crippen molar-refractivity contribution in [2.24, 2.45) is 0 Å². The zero-order valence-electron chi connectivity index (χ0n) is 13.9. The molecule has 1 N–H and O–H groups in total. The maximum atomic E-state index is 10.8. The van der Waals surface area contributed by atoms with Crippen molar-refractivity contribution in [1.29, 1.82) is 0 Å². The standard InChI is InChI=1S/C17H20ClN3O3S/c1-20(11-16(22)23)9-14-10-21(6-7-24-14)17-19-8-15(25-17)12-2-4-13(18)5-3-12/h2-5,8,14H,6-7,9-11H2,1H3,(H,22,23). The van der Waals surface area contributed by atoms with Crippen LogP contribution >= 0.6 is 22.9 Å². The van der Waals surface area contributed by atoms with Crippen LogP contribution in [0.3, 0.4) is 0 Å². The Hall–Kier alpha value is -1.67. The quantitative estimate of drug-likeness (QED) is 0.829. The number of likely N-dealkylation sites (N-methyl/N-ethyl adjacent to an activating group) is 1. The minimum absolute atomic E-state index is 0.0117. The van der Waals surface area contributed by atoms with Crippen LogP contribution in [0.4, 0.5) is 5.13 Å². The van der Waals surface area contributed by atoms with Crippen molar-refractivity contribution in [2.75, 3.05) is 44.7 Å². The summed E-state index contributed by atoms with van der Waals surface area (Å²) in [4.78, 5) is 20.4. The number of carboxylic acids is 1. The Morgan fingerprint density at radius 1 is 1.48 bits per heavy atom. The third kappa shape index (κ3) is 4.92. The van der Waals surface area contributed by atoms with Gasteiger partial charge in [0, 0.05) is 30.9 Å². The minimum atomic E-state index is -0.831. The van der Waals surface area contributed by atoms with Crippen LogP contribution in [0.15, 0.2) is 30.5 Å². The van der Waals surface area contributed by atoms with Gasteiger partial charge in [0.15, 0.2) is 5.13 Å². The van der Waals surface area contributed by atoms with Gasteiger partial charge in [-0.15, -0.1) is 0 Å². The van der Waals surface area contributed by atoms with Crippen molar-refractivity contribution in [3.8, 4) is 10.4 Å². The second-order valence-electron chi connectivity index (χ2n) is 6.04. The van der Waals surface area contributed by atoms with E-state index in [1.54, 1.807) is 23.3 Å². The zero-order valence-corrected chi connectivity index (χ0v) is 15.5. The van der Waals surface area contributed by atoms with Gasteiger partial charge in [0.1, 0.15) is 0 Å². The van der Waals surface area contributed by atoms with Crippen molar-refractivity contribution in [3.63, 3.8) is 0 Å². The monoisotopic (exact) mass is 381 g/mol. The Morgan fingerprint density at radius 2 is 2.24 bits per heavy atom. The van der Waals surface area contributed by atoms with Crippen LogP contribution < -0.4 is 4.90 Å². The van der Waals surface area contributed by atoms with Gasteiger partial charge in [-0.05, 0) is 24.7 Å². The third-order valence-corrected chi connectivity index (χ3v) is 5.31. The number of aliphatic carboxylic acids is 1. The number of anilines is 1. The molecule has 0 bridgehead atoms. The van der Waals surface area contributed by atoms with E-state index in [-0.39, 0.29) is 12.6 Å². The normalized spacial score (nSPS) is 17.9. The molecule has 0 radical (unpaired) electrons. The number of hydrogen-bond acceptors (Lipinski definition) is 6. The summed E-state index contributed by atoms with van der Waals surface area (Å²) in [5.41, 5.74) is 1.10. The molecule has 25 heavy (non-hydrogen) atoms. The van der Waals surface area contributed by atoms with Gasteiger partial charge in [0.2, 0.25) is 0 Å². The van der Waals surface area contributed by atoms with E-state index >= 15 is 0 Å². The lowest BCUT2D eigenvalue weighted by Gasteiger charge is -2.34. The van der Waals surface area contributed by atoms with E-state index in [4.69, 9.17) is 21.4 Å². The number of carboxylic acid groups (broad SMARTS) is 1. The first-order valence-corrected chi connectivity index (χ1v) is 9.19. The summed E-state index contributed by atoms with van der Waals surface area (Å²) in [5, 5.41) is 10.5. The zero-order chi connectivity index (χ0) is 17.8. The molecule has 1 aliphatic rings. The van der Waals surface area contributed by atoms with E-state index in [0.717, 1.165) is 27.1 Å². The molecule has 1 aromatic heterocycles. The maximum absolute atomic E-state index is 10.8. The summed E-state index contributed by atoms with van der Waals surface area (Å²) in [7, 11) is 1.79. The first-order valence-electron chi connectivity index (χ1n) is 8.00. The summed E-state index contributed by atoms with van der Waals surface area (Å²) in [6, 6.07) is 7.73. The number of halogens is 1. The second kappa shape index (κ2) is 8.14. The fourth-order valence-corrected chi connectivity index (χ4v) is 3.89. The Morgan fingerprint density at radius 3 is 2.96 bits per heavy atom. The van der Waals surface area contributed by atoms with E-state index in [9.17, 15) is 4.79 Å². The number of rotatable bonds is 6. The van der Waals surface area contributed by atoms with Gasteiger partial charge in [0.05, 0.1) is 24.1 Å². The first kappa shape index (κ1) is 18.1. The summed E-state index contributed by atoms with van der Waals surface area (Å²) < 4.78 is 5.77. The van der Waals surface area contributed by atoms with Crippen LogP contribution in [0.5, 0.6) is 0 Å². The van der Waals surface area contributed by atoms with Gasteiger partial charge < -0.3 is 14.7 Å². The van der Waals surface area contributed by atoms with Crippen molar-refractivity contribution in [3.05, 3.63) is 35.5 Å². The van der Waals surface area contributed by atoms with Gasteiger partial charge in [0.25, 0.3) is 0 Å². The summed E-state index contributed by atoms with van der Waals surface area (Å²) in [5.74, 6) is -0.831. The summed E-state index contributed by atoms with van der Waals surface area (Å²) in [6.07, 6.45) is 1.85. The second-order valence-corrected chi connectivity index (χ2v) is 7.49. The molecule has 0 amide bonds. The molecule has 1 atom stereocenters. The van der Waals surface area contributed by atoms with E-state index in [1.165, 1.54) is 0 Å². The maximum Gasteiger partial charge on any atom is 0.317 e. The fraction of sp³-hybridized carbons (Fsp3) is 0.412. The molecule has 1 saturated heterocycles. The smallest absolute Gasteiger partial charge is 0.317 e. The highest BCUT2D eigenvalue weighted by molar-refractivity contribution is 7.18. The van der Waals surface area contributed by atoms with Gasteiger partial charge in [-0.2, -0.15) is 0 Å². The fourth-order valence-electron chi connectivity index (χ4n) is 2.81. The van der Waals surface area contributed by atoms with Crippen LogP contribution in [0.25, 0.3) is 10.4 Å². The molecule has 8 heteroatoms. The van der Waals surface area contributed by atoms with Gasteiger partial charge in [-0.3, -0.25) is 9.69 Å². The van der Waals surface area contributed by atoms with Crippen molar-refractivity contribution in [1.82, 2.24) is 9.88 Å². The van der Waals surface area contributed by atoms with E-state index < -0.39 is 5.97 Å². The molecular weight excluding hydrogens is 362 g/mol. The SMILES string of the molecule is CN(CC(=O)O)CC1CN(c2ncc(-c3ccc(Cl)cc3)s2)CCO1. The van der Waals surface area contributed by atoms with E-state index in [0.29, 0.717) is 19.7 Å². The number of aromatic nitrogens is 1. The number of morpholine rings is 1. The Kier molecular flexibility index (Phi) is 5.90. The predicted octanol–water partition coefficient (Wildman–Crippen LogP) is 2.69. The number of ether oxygens (including phenoxy) is 1. The van der Waals surface area contributed by atoms with E-state index in [2.05, 4.69) is 9.88 Å². The highest BCUT2D eigenvalue weighted by Gasteiger charge is 2.24. The molecule has 0 saturated carbocycles. The molecule has 1 unspecified atom stereocenters. The van der Waals surface area contributed by atoms with Crippen LogP contribution in [0.1, 0.15) is 0 Å². The average molecular weight is 382 g/mol. The summed E-state index contributed by atoms with van der Waals surface area (Å²) >= 11 is 7.58. The topological polar surface area (TPSA) is 65.9 Å². The molecule has 2 aromatic rings. The van der Waals surface area contributed by atoms with Crippen LogP contribution in [0.2, 0.25) is 5.02 Å². The van der Waals surface area contributed by atoms with Crippen LogP contribution in [-0.2, 0) is 9.53 Å². The number of nitrogens with zero attached hydrogens (tertiary/aromatic N) is 3. The molecule has 1 aliphatic heterocycles. The Balaban J connectivity index is 1.63. The predicted molar refractivity (Wildman–Crippen MR) is 99.6 cm³/mol. The van der Waals surface area contributed by atoms with Gasteiger partial charge in [-0.25, -0.2) is 4.98 Å². The molecule has 0 spiro atoms. The Labute approximate surface area is 155 Å². The molecule has 2 heterocycles. The first-order chi connectivity index (χ1) is 12.0. The molecule has 6 nitrogen and oxygen atoms in total. The lowest BCUT2D eigenvalue weighted by atomic mass is 10.2. The minimum Gasteiger partial charge on any atom is -0.480 e. The molecule has 1 fully saturated rings. The lowest BCUT2D eigenvalue weighted by Crippen LogP contribution is -2.47. The summed E-state index contributed by atoms with van der Waals surface area (Å²) in [6.45, 7) is 2.70. The molecule has 3 rings (SSSR count). The molecule has 1 aromatic carbocycles. The lowest BCUT2D eigenvalue weighted by molar-refractivity contribution is -0.138. The molecule has 134 valence electrons. The van der Waals surface area contributed by atoms with Crippen LogP contribution in [0, 0.1) is 0 Å². The van der Waals surface area contributed by atoms with Crippen molar-refractivity contribution in [2.45, 2.75) is 6.10 Å². The Bertz CT molecular complexity index is 722. The van der Waals surface area contributed by atoms with Crippen LogP contribution in [-0.4, -0.2) is 66.9 Å². The third-order valence-electron chi connectivity index (χ3n) is 3.95. The van der Waals surface area contributed by atoms with Crippen molar-refractivity contribution >= 4 is 34.0 Å². The highest BCUT2D eigenvalue weighted by atomic mass is 35.5. The van der Waals surface area contributed by atoms with Crippen molar-refractivity contribution < 1.29 is 14.6 Å². The number of hydrogen-bond donors (Lipinski definition) is 1. The number of benzene rings is 1. The van der Waals surface area contributed by atoms with E-state index in [1.807, 2.05) is 30.5 Å². The number of carbonyl (C=O) groups is 1. The van der Waals surface area contributed by atoms with Gasteiger partial charge in [-0.1, -0.05) is 35.1 Å². The molecular formula is C17H20ClN3O3S.